The van der Waals surface area contributed by atoms with Gasteiger partial charge in [0.05, 0.1) is 11.4 Å². The topological polar surface area (TPSA) is 19.4 Å². The van der Waals surface area contributed by atoms with Gasteiger partial charge in [0.2, 0.25) is 0 Å². The van der Waals surface area contributed by atoms with E-state index in [1.165, 1.54) is 44.2 Å². The number of pyridine rings is 1. The second-order valence-electron chi connectivity index (χ2n) is 13.6. The maximum Gasteiger partial charge on any atom is 0.395 e. The highest BCUT2D eigenvalue weighted by molar-refractivity contribution is 6.90. The highest BCUT2D eigenvalue weighted by atomic mass is 15.2. The van der Waals surface area contributed by atoms with Crippen LogP contribution in [0.5, 0.6) is 0 Å². The number of fused-ring (bicyclic) bond motifs is 7. The third-order valence-corrected chi connectivity index (χ3v) is 10.5. The van der Waals surface area contributed by atoms with E-state index in [0.717, 1.165) is 33.6 Å². The Balaban J connectivity index is 1.22. The van der Waals surface area contributed by atoms with E-state index < -0.39 is 0 Å². The summed E-state index contributed by atoms with van der Waals surface area (Å²) in [5.74, 6) is 4.61. The summed E-state index contributed by atoms with van der Waals surface area (Å²) in [7, 11) is 0. The van der Waals surface area contributed by atoms with Crippen molar-refractivity contribution in [2.45, 2.75) is 0 Å². The molecular formula is C47H33B2N3. The van der Waals surface area contributed by atoms with Gasteiger partial charge in [0.25, 0.3) is 0 Å². The van der Waals surface area contributed by atoms with E-state index in [9.17, 15) is 0 Å². The minimum atomic E-state index is 0.0924. The van der Waals surface area contributed by atoms with Crippen molar-refractivity contribution >= 4 is 35.8 Å². The third kappa shape index (κ3) is 5.13. The zero-order valence-electron chi connectivity index (χ0n) is 28.5. The molecule has 0 saturated heterocycles. The highest BCUT2D eigenvalue weighted by Gasteiger charge is 2.42. The van der Waals surface area contributed by atoms with Gasteiger partial charge in [-0.3, -0.25) is 0 Å². The third-order valence-electron chi connectivity index (χ3n) is 10.5. The van der Waals surface area contributed by atoms with Gasteiger partial charge in [-0.15, -0.1) is 0 Å². The van der Waals surface area contributed by atoms with Crippen LogP contribution in [0.2, 0.25) is 0 Å². The van der Waals surface area contributed by atoms with Crippen molar-refractivity contribution in [1.29, 1.82) is 0 Å². The van der Waals surface area contributed by atoms with Crippen LogP contribution in [0.4, 0.5) is 5.69 Å². The van der Waals surface area contributed by atoms with E-state index in [2.05, 4.69) is 210 Å². The monoisotopic (exact) mass is 661 g/mol. The highest BCUT2D eigenvalue weighted by Crippen LogP contribution is 2.44. The maximum atomic E-state index is 5.17. The molecule has 3 aliphatic rings. The Morgan fingerprint density at radius 3 is 1.92 bits per heavy atom. The molecule has 4 heterocycles. The molecule has 0 unspecified atom stereocenters. The molecule has 5 heteroatoms. The molecular weight excluding hydrogens is 628 g/mol. The summed E-state index contributed by atoms with van der Waals surface area (Å²) < 4.78 is 2.44. The molecule has 0 spiro atoms. The number of benzene rings is 6. The summed E-state index contributed by atoms with van der Waals surface area (Å²) in [6.45, 7) is 0.247. The molecule has 242 valence electrons. The van der Waals surface area contributed by atoms with Gasteiger partial charge in [-0.05, 0) is 86.8 Å². The second kappa shape index (κ2) is 12.6. The van der Waals surface area contributed by atoms with Gasteiger partial charge in [-0.2, -0.15) is 0 Å². The van der Waals surface area contributed by atoms with Crippen molar-refractivity contribution < 1.29 is 0 Å². The molecule has 52 heavy (non-hydrogen) atoms. The Kier molecular flexibility index (Phi) is 7.35. The van der Waals surface area contributed by atoms with Crippen LogP contribution < -0.4 is 10.3 Å². The fourth-order valence-corrected chi connectivity index (χ4v) is 8.12. The van der Waals surface area contributed by atoms with Crippen LogP contribution in [0.1, 0.15) is 0 Å². The molecule has 0 atom stereocenters. The summed E-state index contributed by atoms with van der Waals surface area (Å²) in [6, 6.07) is 54.7. The first-order chi connectivity index (χ1) is 25.8. The zero-order valence-corrected chi connectivity index (χ0v) is 28.5. The summed E-state index contributed by atoms with van der Waals surface area (Å²) >= 11 is 0. The van der Waals surface area contributed by atoms with Crippen molar-refractivity contribution in [3.05, 3.63) is 200 Å². The molecule has 0 saturated carbocycles. The van der Waals surface area contributed by atoms with Crippen LogP contribution in [-0.4, -0.2) is 23.5 Å². The standard InChI is InChI=1S/C47H33B2N3/c1-3-16-35(17-4-1)45-32-38(33-46(50-45)36-18-5-2-6-19-36)37-25-26-41(43(31-37)40-22-13-20-34-15-7-8-21-39(34)40)42-23-14-24-44-47(42)51-29-11-10-28-49(51)52-30-12-9-27-48(44)52/h1-33H. The van der Waals surface area contributed by atoms with Gasteiger partial charge in [-0.1, -0.05) is 158 Å². The van der Waals surface area contributed by atoms with E-state index in [-0.39, 0.29) is 13.8 Å². The van der Waals surface area contributed by atoms with Gasteiger partial charge in [0, 0.05) is 22.4 Å². The van der Waals surface area contributed by atoms with Gasteiger partial charge in [0.15, 0.2) is 0 Å². The van der Waals surface area contributed by atoms with Gasteiger partial charge in [0.1, 0.15) is 0 Å². The quantitative estimate of drug-likeness (QED) is 0.171. The molecule has 0 amide bonds. The average molecular weight is 661 g/mol. The first kappa shape index (κ1) is 30.3. The van der Waals surface area contributed by atoms with Crippen LogP contribution >= 0.6 is 0 Å². The number of anilines is 1. The number of aromatic nitrogens is 1. The van der Waals surface area contributed by atoms with Gasteiger partial charge in [-0.25, -0.2) is 4.98 Å². The second-order valence-corrected chi connectivity index (χ2v) is 13.6. The lowest BCUT2D eigenvalue weighted by Crippen LogP contribution is -2.64. The molecule has 3 nitrogen and oxygen atoms in total. The normalized spacial score (nSPS) is 14.1. The lowest BCUT2D eigenvalue weighted by atomic mass is 9.43. The zero-order chi connectivity index (χ0) is 34.4. The largest absolute Gasteiger partial charge is 0.437 e. The summed E-state index contributed by atoms with van der Waals surface area (Å²) in [4.78, 5) is 7.61. The van der Waals surface area contributed by atoms with E-state index in [1.807, 2.05) is 0 Å². The average Bonchev–Trinajstić information content (AvgIpc) is 3.23. The Morgan fingerprint density at radius 1 is 0.442 bits per heavy atom. The number of nitrogens with zero attached hydrogens (tertiary/aromatic N) is 3. The minimum Gasteiger partial charge on any atom is -0.437 e. The molecule has 0 bridgehead atoms. The molecule has 7 aromatic rings. The van der Waals surface area contributed by atoms with Crippen molar-refractivity contribution in [1.82, 2.24) is 9.71 Å². The molecule has 0 radical (unpaired) electrons. The Hall–Kier alpha value is -6.58. The lowest BCUT2D eigenvalue weighted by Gasteiger charge is -2.46. The Labute approximate surface area is 305 Å². The predicted octanol–water partition coefficient (Wildman–Crippen LogP) is 10.6. The fraction of sp³-hybridized carbons (Fsp3) is 0. The molecule has 10 rings (SSSR count). The van der Waals surface area contributed by atoms with Gasteiger partial charge >= 0.3 is 13.8 Å². The van der Waals surface area contributed by atoms with E-state index in [1.54, 1.807) is 0 Å². The van der Waals surface area contributed by atoms with Crippen LogP contribution in [-0.2, 0) is 0 Å². The van der Waals surface area contributed by atoms with Crippen molar-refractivity contribution in [2.24, 2.45) is 0 Å². The predicted molar refractivity (Wildman–Crippen MR) is 221 cm³/mol. The molecule has 0 fully saturated rings. The van der Waals surface area contributed by atoms with E-state index in [0.29, 0.717) is 0 Å². The van der Waals surface area contributed by atoms with Crippen molar-refractivity contribution in [3.63, 3.8) is 0 Å². The van der Waals surface area contributed by atoms with Crippen molar-refractivity contribution in [2.75, 3.05) is 4.81 Å². The first-order valence-electron chi connectivity index (χ1n) is 17.9. The van der Waals surface area contributed by atoms with Crippen LogP contribution in [0.25, 0.3) is 66.7 Å². The Morgan fingerprint density at radius 2 is 1.12 bits per heavy atom. The van der Waals surface area contributed by atoms with Crippen LogP contribution in [0.15, 0.2) is 200 Å². The molecule has 0 N–H and O–H groups in total. The number of hydrogen-bond donors (Lipinski definition) is 0. The number of hydrogen-bond acceptors (Lipinski definition) is 3. The molecule has 6 aromatic carbocycles. The van der Waals surface area contributed by atoms with E-state index in [4.69, 9.17) is 4.98 Å². The van der Waals surface area contributed by atoms with Crippen molar-refractivity contribution in [3.8, 4) is 55.9 Å². The molecule has 0 aliphatic carbocycles. The first-order valence-corrected chi connectivity index (χ1v) is 17.9. The minimum absolute atomic E-state index is 0.0924. The molecule has 1 aromatic heterocycles. The lowest BCUT2D eigenvalue weighted by molar-refractivity contribution is 0.878. The fourth-order valence-electron chi connectivity index (χ4n) is 8.12. The summed E-state index contributed by atoms with van der Waals surface area (Å²) in [5.41, 5.74) is 13.8. The van der Waals surface area contributed by atoms with Crippen LogP contribution in [0, 0.1) is 0 Å². The number of rotatable bonds is 5. The number of para-hydroxylation sites is 1. The Bertz CT molecular complexity index is 2550. The summed E-state index contributed by atoms with van der Waals surface area (Å²) in [5, 5.41) is 2.47. The summed E-state index contributed by atoms with van der Waals surface area (Å²) in [6.07, 6.45) is 13.1. The van der Waals surface area contributed by atoms with Gasteiger partial charge < -0.3 is 9.53 Å². The smallest absolute Gasteiger partial charge is 0.395 e. The molecule has 3 aliphatic heterocycles. The number of allylic oxidation sites excluding steroid dienone is 4. The van der Waals surface area contributed by atoms with Crippen LogP contribution in [0.3, 0.4) is 0 Å². The maximum absolute atomic E-state index is 5.17. The van der Waals surface area contributed by atoms with E-state index >= 15 is 0 Å². The SMILES string of the molecule is C1=CB2c3cccc(-c4ccc(-c5cc(-c6ccccc6)nc(-c6ccccc6)c5)cc4-c4cccc5ccccc45)c3N3C=CC=CB3N2C=C1.